The number of benzene rings is 2. The molecule has 2 heterocycles. The molecule has 1 aliphatic heterocycles. The van der Waals surface area contributed by atoms with E-state index >= 15 is 0 Å². The smallest absolute Gasteiger partial charge is 0.257 e. The van der Waals surface area contributed by atoms with E-state index in [4.69, 9.17) is 0 Å². The Bertz CT molecular complexity index is 1020. The zero-order chi connectivity index (χ0) is 20.2. The summed E-state index contributed by atoms with van der Waals surface area (Å²) in [6.45, 7) is 1.70. The lowest BCUT2D eigenvalue weighted by Gasteiger charge is -2.29. The third-order valence-corrected chi connectivity index (χ3v) is 5.17. The summed E-state index contributed by atoms with van der Waals surface area (Å²) in [6, 6.07) is 15.7. The summed E-state index contributed by atoms with van der Waals surface area (Å²) >= 11 is 0. The number of rotatable bonds is 4. The second-order valence-electron chi connectivity index (χ2n) is 7.23. The number of fused-ring (bicyclic) bond motifs is 1. The lowest BCUT2D eigenvalue weighted by Crippen LogP contribution is -2.36. The minimum absolute atomic E-state index is 0.00315. The number of hydrogen-bond donors (Lipinski definition) is 0. The van der Waals surface area contributed by atoms with Crippen molar-refractivity contribution < 1.29 is 9.59 Å². The third-order valence-electron chi connectivity index (χ3n) is 5.17. The fourth-order valence-corrected chi connectivity index (χ4v) is 3.60. The molecule has 1 aromatic heterocycles. The van der Waals surface area contributed by atoms with Crippen molar-refractivity contribution >= 4 is 11.8 Å². The highest BCUT2D eigenvalue weighted by Crippen LogP contribution is 2.22. The Morgan fingerprint density at radius 2 is 1.76 bits per heavy atom. The lowest BCUT2D eigenvalue weighted by atomic mass is 9.96. The van der Waals surface area contributed by atoms with Crippen molar-refractivity contribution in [3.63, 3.8) is 0 Å². The maximum atomic E-state index is 12.8. The van der Waals surface area contributed by atoms with Crippen molar-refractivity contribution in [2.24, 2.45) is 0 Å². The van der Waals surface area contributed by atoms with E-state index in [-0.39, 0.29) is 11.8 Å². The minimum Gasteiger partial charge on any atom is -0.337 e. The first-order valence-corrected chi connectivity index (χ1v) is 9.57. The molecule has 1 aliphatic rings. The van der Waals surface area contributed by atoms with E-state index in [0.29, 0.717) is 30.8 Å². The van der Waals surface area contributed by atoms with Gasteiger partial charge in [0.2, 0.25) is 0 Å². The van der Waals surface area contributed by atoms with Gasteiger partial charge in [-0.25, -0.2) is 9.97 Å². The van der Waals surface area contributed by atoms with Crippen molar-refractivity contribution in [1.82, 2.24) is 19.8 Å². The van der Waals surface area contributed by atoms with Crippen molar-refractivity contribution in [3.05, 3.63) is 95.1 Å². The molecule has 3 aromatic rings. The van der Waals surface area contributed by atoms with Crippen LogP contribution in [0.4, 0.5) is 0 Å². The average molecular weight is 386 g/mol. The van der Waals surface area contributed by atoms with Gasteiger partial charge in [0.05, 0.1) is 5.56 Å². The highest BCUT2D eigenvalue weighted by Gasteiger charge is 2.23. The molecule has 0 aliphatic carbocycles. The Hall–Kier alpha value is -3.54. The van der Waals surface area contributed by atoms with Gasteiger partial charge < -0.3 is 9.80 Å². The van der Waals surface area contributed by atoms with Crippen LogP contribution in [-0.4, -0.2) is 45.2 Å². The Kier molecular flexibility index (Phi) is 5.33. The first-order valence-electron chi connectivity index (χ1n) is 9.57. The van der Waals surface area contributed by atoms with Gasteiger partial charge in [0.1, 0.15) is 6.33 Å². The molecule has 0 radical (unpaired) electrons. The van der Waals surface area contributed by atoms with Crippen molar-refractivity contribution in [2.75, 3.05) is 13.6 Å². The first kappa shape index (κ1) is 18.8. The predicted octanol–water partition coefficient (Wildman–Crippen LogP) is 2.95. The number of nitrogens with zero attached hydrogens (tertiary/aromatic N) is 4. The molecule has 0 saturated heterocycles. The number of hydrogen-bond acceptors (Lipinski definition) is 4. The summed E-state index contributed by atoms with van der Waals surface area (Å²) in [5.41, 5.74) is 4.46. The van der Waals surface area contributed by atoms with E-state index in [1.165, 1.54) is 18.7 Å². The topological polar surface area (TPSA) is 66.4 Å². The SMILES string of the molecule is CN(Cc1ccccc1)C(=O)c1ccc2c(c1)CCN(C(=O)c1cncnc1)C2. The van der Waals surface area contributed by atoms with Crippen molar-refractivity contribution in [2.45, 2.75) is 19.5 Å². The fourth-order valence-electron chi connectivity index (χ4n) is 3.60. The molecule has 6 heteroatoms. The molecule has 0 fully saturated rings. The normalized spacial score (nSPS) is 12.9. The van der Waals surface area contributed by atoms with Crippen LogP contribution in [-0.2, 0) is 19.5 Å². The molecular weight excluding hydrogens is 364 g/mol. The highest BCUT2D eigenvalue weighted by molar-refractivity contribution is 5.95. The summed E-state index contributed by atoms with van der Waals surface area (Å²) in [6.07, 6.45) is 5.21. The van der Waals surface area contributed by atoms with Gasteiger partial charge in [-0.3, -0.25) is 9.59 Å². The maximum absolute atomic E-state index is 12.8. The molecule has 0 spiro atoms. The van der Waals surface area contributed by atoms with Crippen molar-refractivity contribution in [1.29, 1.82) is 0 Å². The molecule has 146 valence electrons. The van der Waals surface area contributed by atoms with E-state index < -0.39 is 0 Å². The zero-order valence-electron chi connectivity index (χ0n) is 16.3. The second kappa shape index (κ2) is 8.22. The van der Waals surface area contributed by atoms with E-state index in [0.717, 1.165) is 23.1 Å². The van der Waals surface area contributed by atoms with E-state index in [1.807, 2.05) is 55.6 Å². The van der Waals surface area contributed by atoms with Crippen LogP contribution in [0.5, 0.6) is 0 Å². The second-order valence-corrected chi connectivity index (χ2v) is 7.23. The standard InChI is InChI=1S/C23H22N4O2/c1-26(14-17-5-3-2-4-6-17)22(28)19-7-8-20-15-27(10-9-18(20)11-19)23(29)21-12-24-16-25-13-21/h2-8,11-13,16H,9-10,14-15H2,1H3. The van der Waals surface area contributed by atoms with Crippen LogP contribution in [0.1, 0.15) is 37.4 Å². The zero-order valence-corrected chi connectivity index (χ0v) is 16.3. The molecule has 2 amide bonds. The predicted molar refractivity (Wildman–Crippen MR) is 109 cm³/mol. The van der Waals surface area contributed by atoms with E-state index in [9.17, 15) is 9.59 Å². The number of amides is 2. The highest BCUT2D eigenvalue weighted by atomic mass is 16.2. The van der Waals surface area contributed by atoms with Gasteiger partial charge in [0, 0.05) is 44.6 Å². The fraction of sp³-hybridized carbons (Fsp3) is 0.217. The Morgan fingerprint density at radius 1 is 1.00 bits per heavy atom. The van der Waals surface area contributed by atoms with Crippen LogP contribution in [0.2, 0.25) is 0 Å². The van der Waals surface area contributed by atoms with Crippen LogP contribution in [0, 0.1) is 0 Å². The molecule has 0 bridgehead atoms. The Balaban J connectivity index is 1.46. The summed E-state index contributed by atoms with van der Waals surface area (Å²) in [4.78, 5) is 36.8. The Labute approximate surface area is 169 Å². The molecule has 0 unspecified atom stereocenters. The number of carbonyl (C=O) groups is 2. The summed E-state index contributed by atoms with van der Waals surface area (Å²) in [5.74, 6) is -0.0735. The van der Waals surface area contributed by atoms with Gasteiger partial charge in [-0.2, -0.15) is 0 Å². The molecule has 29 heavy (non-hydrogen) atoms. The largest absolute Gasteiger partial charge is 0.337 e. The monoisotopic (exact) mass is 386 g/mol. The Morgan fingerprint density at radius 3 is 2.52 bits per heavy atom. The summed E-state index contributed by atoms with van der Waals surface area (Å²) in [7, 11) is 1.82. The summed E-state index contributed by atoms with van der Waals surface area (Å²) < 4.78 is 0. The quantitative estimate of drug-likeness (QED) is 0.691. The number of carbonyl (C=O) groups excluding carboxylic acids is 2. The molecule has 6 nitrogen and oxygen atoms in total. The van der Waals surface area contributed by atoms with Crippen LogP contribution in [0.15, 0.2) is 67.3 Å². The van der Waals surface area contributed by atoms with Gasteiger partial charge in [-0.05, 0) is 35.2 Å². The molecule has 4 rings (SSSR count). The average Bonchev–Trinajstić information content (AvgIpc) is 2.78. The van der Waals surface area contributed by atoms with Gasteiger partial charge in [0.25, 0.3) is 11.8 Å². The van der Waals surface area contributed by atoms with Gasteiger partial charge >= 0.3 is 0 Å². The van der Waals surface area contributed by atoms with Crippen LogP contribution in [0.25, 0.3) is 0 Å². The van der Waals surface area contributed by atoms with Gasteiger partial charge in [0.15, 0.2) is 0 Å². The summed E-state index contributed by atoms with van der Waals surface area (Å²) in [5, 5.41) is 0. The van der Waals surface area contributed by atoms with Crippen LogP contribution < -0.4 is 0 Å². The molecular formula is C23H22N4O2. The van der Waals surface area contributed by atoms with Crippen LogP contribution in [0.3, 0.4) is 0 Å². The van der Waals surface area contributed by atoms with Gasteiger partial charge in [-0.15, -0.1) is 0 Å². The third kappa shape index (κ3) is 4.16. The molecule has 0 atom stereocenters. The minimum atomic E-state index is -0.0704. The molecule has 0 N–H and O–H groups in total. The molecule has 2 aromatic carbocycles. The first-order chi connectivity index (χ1) is 14.1. The van der Waals surface area contributed by atoms with Crippen LogP contribution >= 0.6 is 0 Å². The van der Waals surface area contributed by atoms with E-state index in [2.05, 4.69) is 9.97 Å². The van der Waals surface area contributed by atoms with Gasteiger partial charge in [-0.1, -0.05) is 36.4 Å². The number of aromatic nitrogens is 2. The van der Waals surface area contributed by atoms with E-state index in [1.54, 1.807) is 9.80 Å². The molecule has 0 saturated carbocycles. The lowest BCUT2D eigenvalue weighted by molar-refractivity contribution is 0.0731. The van der Waals surface area contributed by atoms with Crippen molar-refractivity contribution in [3.8, 4) is 0 Å². The maximum Gasteiger partial charge on any atom is 0.257 e.